The quantitative estimate of drug-likeness (QED) is 0.379. The number of hydrogen-bond donors (Lipinski definition) is 3. The molecule has 0 bridgehead atoms. The van der Waals surface area contributed by atoms with Crippen molar-refractivity contribution >= 4 is 39.0 Å². The first kappa shape index (κ1) is 15.8. The van der Waals surface area contributed by atoms with Gasteiger partial charge in [-0.2, -0.15) is 0 Å². The van der Waals surface area contributed by atoms with Crippen LogP contribution in [0.3, 0.4) is 0 Å². The Bertz CT molecular complexity index is 1160. The Hall–Kier alpha value is -3.66. The second kappa shape index (κ2) is 6.33. The molecule has 0 fully saturated rings. The molecule has 4 nitrogen and oxygen atoms in total. The van der Waals surface area contributed by atoms with Crippen LogP contribution < -0.4 is 11.1 Å². The summed E-state index contributed by atoms with van der Waals surface area (Å²) in [7, 11) is 0. The smallest absolute Gasteiger partial charge is 0.255 e. The summed E-state index contributed by atoms with van der Waals surface area (Å²) in [6.45, 7) is 0. The average Bonchev–Trinajstić information content (AvgIpc) is 2.67. The maximum absolute atomic E-state index is 12.6. The van der Waals surface area contributed by atoms with Crippen LogP contribution in [0.15, 0.2) is 78.9 Å². The average molecular weight is 339 g/mol. The zero-order valence-electron chi connectivity index (χ0n) is 14.0. The molecule has 4 aromatic rings. The van der Waals surface area contributed by atoms with Crippen molar-refractivity contribution in [2.24, 2.45) is 5.73 Å². The Morgan fingerprint density at radius 2 is 1.31 bits per heavy atom. The third kappa shape index (κ3) is 3.00. The Morgan fingerprint density at radius 1 is 0.731 bits per heavy atom. The van der Waals surface area contributed by atoms with Gasteiger partial charge in [-0.05, 0) is 51.9 Å². The number of carbonyl (C=O) groups is 1. The zero-order valence-corrected chi connectivity index (χ0v) is 14.0. The number of nitrogens with one attached hydrogen (secondary N) is 2. The van der Waals surface area contributed by atoms with E-state index in [1.54, 1.807) is 12.1 Å². The predicted molar refractivity (Wildman–Crippen MR) is 107 cm³/mol. The summed E-state index contributed by atoms with van der Waals surface area (Å²) >= 11 is 0. The van der Waals surface area contributed by atoms with Crippen LogP contribution in [0, 0.1) is 5.41 Å². The molecule has 0 heterocycles. The van der Waals surface area contributed by atoms with Gasteiger partial charge < -0.3 is 11.1 Å². The Kier molecular flexibility index (Phi) is 3.86. The van der Waals surface area contributed by atoms with Crippen molar-refractivity contribution in [2.75, 3.05) is 5.32 Å². The summed E-state index contributed by atoms with van der Waals surface area (Å²) in [5.74, 6) is -0.122. The number of anilines is 1. The molecule has 0 spiro atoms. The zero-order chi connectivity index (χ0) is 18.1. The molecule has 0 radical (unpaired) electrons. The number of hydrogen-bond acceptors (Lipinski definition) is 2. The topological polar surface area (TPSA) is 79.0 Å². The molecule has 0 saturated heterocycles. The molecule has 0 aromatic heterocycles. The number of carbonyl (C=O) groups excluding carboxylic acids is 1. The van der Waals surface area contributed by atoms with Gasteiger partial charge in [-0.15, -0.1) is 0 Å². The number of benzene rings is 4. The standard InChI is InChI=1S/C22H17N3O/c23-21(24)18-7-5-17-12-19(8-6-16(17)11-18)22(26)25-20-10-9-14-3-1-2-4-15(14)13-20/h1-13H,(H3,23,24)(H,25,26). The lowest BCUT2D eigenvalue weighted by Gasteiger charge is -2.08. The molecular formula is C22H17N3O. The first-order valence-electron chi connectivity index (χ1n) is 8.28. The van der Waals surface area contributed by atoms with Crippen LogP contribution in [0.1, 0.15) is 15.9 Å². The van der Waals surface area contributed by atoms with E-state index >= 15 is 0 Å². The predicted octanol–water partition coefficient (Wildman–Crippen LogP) is 4.53. The van der Waals surface area contributed by atoms with Crippen LogP contribution in [-0.4, -0.2) is 11.7 Å². The lowest BCUT2D eigenvalue weighted by atomic mass is 10.0. The van der Waals surface area contributed by atoms with E-state index in [4.69, 9.17) is 11.1 Å². The van der Waals surface area contributed by atoms with Gasteiger partial charge in [0, 0.05) is 16.8 Å². The van der Waals surface area contributed by atoms with Gasteiger partial charge in [0.1, 0.15) is 5.84 Å². The van der Waals surface area contributed by atoms with Crippen molar-refractivity contribution in [2.45, 2.75) is 0 Å². The van der Waals surface area contributed by atoms with Gasteiger partial charge in [-0.25, -0.2) is 0 Å². The van der Waals surface area contributed by atoms with Gasteiger partial charge in [0.25, 0.3) is 5.91 Å². The van der Waals surface area contributed by atoms with Gasteiger partial charge >= 0.3 is 0 Å². The van der Waals surface area contributed by atoms with E-state index in [1.807, 2.05) is 66.7 Å². The molecule has 26 heavy (non-hydrogen) atoms. The van der Waals surface area contributed by atoms with Crippen molar-refractivity contribution < 1.29 is 4.79 Å². The first-order valence-corrected chi connectivity index (χ1v) is 8.28. The van der Waals surface area contributed by atoms with Crippen molar-refractivity contribution in [3.8, 4) is 0 Å². The monoisotopic (exact) mass is 339 g/mol. The van der Waals surface area contributed by atoms with Crippen LogP contribution >= 0.6 is 0 Å². The summed E-state index contributed by atoms with van der Waals surface area (Å²) in [5.41, 5.74) is 7.55. The molecule has 0 aliphatic rings. The van der Waals surface area contributed by atoms with E-state index < -0.39 is 0 Å². The highest BCUT2D eigenvalue weighted by Crippen LogP contribution is 2.21. The molecule has 0 atom stereocenters. The normalized spacial score (nSPS) is 10.8. The highest BCUT2D eigenvalue weighted by atomic mass is 16.1. The Morgan fingerprint density at radius 3 is 2.04 bits per heavy atom. The van der Waals surface area contributed by atoms with Crippen molar-refractivity contribution in [1.29, 1.82) is 5.41 Å². The van der Waals surface area contributed by atoms with E-state index in [-0.39, 0.29) is 11.7 Å². The molecular weight excluding hydrogens is 322 g/mol. The summed E-state index contributed by atoms with van der Waals surface area (Å²) in [6.07, 6.45) is 0. The van der Waals surface area contributed by atoms with Crippen molar-refractivity contribution in [1.82, 2.24) is 0 Å². The van der Waals surface area contributed by atoms with Gasteiger partial charge in [0.15, 0.2) is 0 Å². The number of rotatable bonds is 3. The van der Waals surface area contributed by atoms with Crippen molar-refractivity contribution in [3.63, 3.8) is 0 Å². The number of fused-ring (bicyclic) bond motifs is 2. The number of amides is 1. The Labute approximate surface area is 150 Å². The highest BCUT2D eigenvalue weighted by molar-refractivity contribution is 6.08. The van der Waals surface area contributed by atoms with E-state index in [1.165, 1.54) is 0 Å². The van der Waals surface area contributed by atoms with E-state index in [0.717, 1.165) is 27.2 Å². The minimum atomic E-state index is -0.155. The summed E-state index contributed by atoms with van der Waals surface area (Å²) in [5, 5.41) is 14.6. The molecule has 126 valence electrons. The minimum Gasteiger partial charge on any atom is -0.384 e. The SMILES string of the molecule is N=C(N)c1ccc2cc(C(=O)Nc3ccc4ccccc4c3)ccc2c1. The van der Waals surface area contributed by atoms with Crippen LogP contribution in [0.5, 0.6) is 0 Å². The van der Waals surface area contributed by atoms with Gasteiger partial charge in [0.2, 0.25) is 0 Å². The molecule has 4 aromatic carbocycles. The number of nitrogens with two attached hydrogens (primary N) is 1. The lowest BCUT2D eigenvalue weighted by molar-refractivity contribution is 0.102. The minimum absolute atomic E-state index is 0.0324. The highest BCUT2D eigenvalue weighted by Gasteiger charge is 2.08. The summed E-state index contributed by atoms with van der Waals surface area (Å²) < 4.78 is 0. The number of nitrogen functional groups attached to an aromatic ring is 1. The molecule has 4 heteroatoms. The molecule has 0 aliphatic heterocycles. The molecule has 4 N–H and O–H groups in total. The molecule has 0 aliphatic carbocycles. The van der Waals surface area contributed by atoms with E-state index in [9.17, 15) is 4.79 Å². The second-order valence-electron chi connectivity index (χ2n) is 6.21. The van der Waals surface area contributed by atoms with Gasteiger partial charge in [-0.1, -0.05) is 48.5 Å². The maximum atomic E-state index is 12.6. The van der Waals surface area contributed by atoms with E-state index in [0.29, 0.717) is 11.1 Å². The molecule has 0 saturated carbocycles. The maximum Gasteiger partial charge on any atom is 0.255 e. The van der Waals surface area contributed by atoms with Crippen LogP contribution in [0.4, 0.5) is 5.69 Å². The fourth-order valence-corrected chi connectivity index (χ4v) is 3.02. The van der Waals surface area contributed by atoms with E-state index in [2.05, 4.69) is 5.32 Å². The molecule has 1 amide bonds. The van der Waals surface area contributed by atoms with Gasteiger partial charge in [-0.3, -0.25) is 10.2 Å². The third-order valence-corrected chi connectivity index (χ3v) is 4.42. The fourth-order valence-electron chi connectivity index (χ4n) is 3.02. The fraction of sp³-hybridized carbons (Fsp3) is 0. The first-order chi connectivity index (χ1) is 12.6. The van der Waals surface area contributed by atoms with Crippen LogP contribution in [0.2, 0.25) is 0 Å². The van der Waals surface area contributed by atoms with Crippen LogP contribution in [-0.2, 0) is 0 Å². The van der Waals surface area contributed by atoms with Crippen LogP contribution in [0.25, 0.3) is 21.5 Å². The lowest BCUT2D eigenvalue weighted by Crippen LogP contribution is -2.12. The third-order valence-electron chi connectivity index (χ3n) is 4.42. The molecule has 0 unspecified atom stereocenters. The summed E-state index contributed by atoms with van der Waals surface area (Å²) in [4.78, 5) is 12.6. The largest absolute Gasteiger partial charge is 0.384 e. The van der Waals surface area contributed by atoms with Gasteiger partial charge in [0.05, 0.1) is 0 Å². The number of amidine groups is 1. The summed E-state index contributed by atoms with van der Waals surface area (Å²) in [6, 6.07) is 24.9. The molecule has 4 rings (SSSR count). The Balaban J connectivity index is 1.62. The van der Waals surface area contributed by atoms with Crippen molar-refractivity contribution in [3.05, 3.63) is 90.0 Å². The second-order valence-corrected chi connectivity index (χ2v) is 6.21.